The number of ether oxygens (including phenoxy) is 1. The quantitative estimate of drug-likeness (QED) is 0.779. The van der Waals surface area contributed by atoms with Crippen molar-refractivity contribution < 1.29 is 17.9 Å². The van der Waals surface area contributed by atoms with Crippen LogP contribution in [0.1, 0.15) is 25.5 Å². The maximum absolute atomic E-state index is 11.9. The van der Waals surface area contributed by atoms with Crippen molar-refractivity contribution in [1.82, 2.24) is 4.98 Å². The van der Waals surface area contributed by atoms with Crippen LogP contribution in [0, 0.1) is 0 Å². The molecule has 5 heteroatoms. The van der Waals surface area contributed by atoms with Crippen LogP contribution >= 0.6 is 0 Å². The van der Waals surface area contributed by atoms with Gasteiger partial charge in [0.05, 0.1) is 5.69 Å². The topological polar surface area (TPSA) is 22.1 Å². The molecular formula is C10H12F3NO. The van der Waals surface area contributed by atoms with E-state index in [1.807, 2.05) is 13.8 Å². The largest absolute Gasteiger partial charge is 0.482 e. The molecule has 0 aromatic carbocycles. The van der Waals surface area contributed by atoms with Crippen LogP contribution < -0.4 is 4.74 Å². The summed E-state index contributed by atoms with van der Waals surface area (Å²) in [7, 11) is 0. The molecule has 0 radical (unpaired) electrons. The molecule has 0 atom stereocenters. The summed E-state index contributed by atoms with van der Waals surface area (Å²) < 4.78 is 40.5. The number of rotatable bonds is 3. The average Bonchev–Trinajstić information content (AvgIpc) is 2.14. The normalized spacial score (nSPS) is 11.9. The van der Waals surface area contributed by atoms with E-state index in [9.17, 15) is 13.2 Å². The Morgan fingerprint density at radius 2 is 2.07 bits per heavy atom. The predicted octanol–water partition coefficient (Wildman–Crippen LogP) is 3.15. The molecule has 0 unspecified atom stereocenters. The van der Waals surface area contributed by atoms with Crippen molar-refractivity contribution in [1.29, 1.82) is 0 Å². The third kappa shape index (κ3) is 3.77. The number of pyridine rings is 1. The monoisotopic (exact) mass is 219 g/mol. The SMILES string of the molecule is CC(C)c1ncccc1OCC(F)(F)F. The lowest BCUT2D eigenvalue weighted by atomic mass is 10.1. The Balaban J connectivity index is 2.76. The molecule has 0 amide bonds. The highest BCUT2D eigenvalue weighted by molar-refractivity contribution is 5.29. The lowest BCUT2D eigenvalue weighted by Crippen LogP contribution is -2.20. The fourth-order valence-electron chi connectivity index (χ4n) is 1.12. The Kier molecular flexibility index (Phi) is 3.55. The summed E-state index contributed by atoms with van der Waals surface area (Å²) in [6.45, 7) is 2.42. The van der Waals surface area contributed by atoms with Gasteiger partial charge in [-0.2, -0.15) is 13.2 Å². The minimum absolute atomic E-state index is 0.0365. The smallest absolute Gasteiger partial charge is 0.422 e. The number of hydrogen-bond donors (Lipinski definition) is 0. The van der Waals surface area contributed by atoms with Gasteiger partial charge in [-0.05, 0) is 18.1 Å². The second kappa shape index (κ2) is 4.51. The van der Waals surface area contributed by atoms with Crippen LogP contribution in [0.2, 0.25) is 0 Å². The molecule has 0 saturated heterocycles. The molecule has 0 spiro atoms. The van der Waals surface area contributed by atoms with Gasteiger partial charge in [-0.15, -0.1) is 0 Å². The van der Waals surface area contributed by atoms with Gasteiger partial charge in [0.15, 0.2) is 6.61 Å². The van der Waals surface area contributed by atoms with Gasteiger partial charge >= 0.3 is 6.18 Å². The van der Waals surface area contributed by atoms with Gasteiger partial charge < -0.3 is 4.74 Å². The van der Waals surface area contributed by atoms with Gasteiger partial charge in [-0.3, -0.25) is 4.98 Å². The number of aromatic nitrogens is 1. The Morgan fingerprint density at radius 3 is 2.60 bits per heavy atom. The van der Waals surface area contributed by atoms with E-state index in [4.69, 9.17) is 0 Å². The maximum Gasteiger partial charge on any atom is 0.422 e. The lowest BCUT2D eigenvalue weighted by molar-refractivity contribution is -0.153. The van der Waals surface area contributed by atoms with E-state index in [1.54, 1.807) is 6.07 Å². The van der Waals surface area contributed by atoms with Gasteiger partial charge in [0.1, 0.15) is 5.75 Å². The van der Waals surface area contributed by atoms with Crippen molar-refractivity contribution in [2.75, 3.05) is 6.61 Å². The van der Waals surface area contributed by atoms with Gasteiger partial charge in [-0.25, -0.2) is 0 Å². The minimum atomic E-state index is -4.32. The zero-order valence-electron chi connectivity index (χ0n) is 8.51. The summed E-state index contributed by atoms with van der Waals surface area (Å²) in [5.41, 5.74) is 0.543. The summed E-state index contributed by atoms with van der Waals surface area (Å²) in [4.78, 5) is 3.99. The first kappa shape index (κ1) is 11.8. The summed E-state index contributed by atoms with van der Waals surface area (Å²) in [5.74, 6) is 0.235. The first-order valence-electron chi connectivity index (χ1n) is 4.54. The van der Waals surface area contributed by atoms with E-state index in [0.29, 0.717) is 5.69 Å². The molecule has 1 heterocycles. The predicted molar refractivity (Wildman–Crippen MR) is 49.9 cm³/mol. The fourth-order valence-corrected chi connectivity index (χ4v) is 1.12. The third-order valence-corrected chi connectivity index (χ3v) is 1.74. The van der Waals surface area contributed by atoms with E-state index >= 15 is 0 Å². The van der Waals surface area contributed by atoms with E-state index in [0.717, 1.165) is 0 Å². The standard InChI is InChI=1S/C10H12F3NO/c1-7(2)9-8(4-3-5-14-9)15-6-10(11,12)13/h3-5,7H,6H2,1-2H3. The van der Waals surface area contributed by atoms with Gasteiger partial charge in [0.25, 0.3) is 0 Å². The van der Waals surface area contributed by atoms with Crippen LogP contribution in [0.4, 0.5) is 13.2 Å². The molecule has 0 N–H and O–H groups in total. The highest BCUT2D eigenvalue weighted by Crippen LogP contribution is 2.25. The van der Waals surface area contributed by atoms with E-state index in [-0.39, 0.29) is 11.7 Å². The summed E-state index contributed by atoms with van der Waals surface area (Å²) in [6, 6.07) is 3.05. The molecule has 0 aliphatic carbocycles. The zero-order chi connectivity index (χ0) is 11.5. The van der Waals surface area contributed by atoms with Crippen LogP contribution in [0.15, 0.2) is 18.3 Å². The van der Waals surface area contributed by atoms with E-state index in [2.05, 4.69) is 9.72 Å². The number of alkyl halides is 3. The Morgan fingerprint density at radius 1 is 1.40 bits per heavy atom. The zero-order valence-corrected chi connectivity index (χ0v) is 8.51. The number of hydrogen-bond acceptors (Lipinski definition) is 2. The van der Waals surface area contributed by atoms with Crippen LogP contribution in [0.5, 0.6) is 5.75 Å². The second-order valence-electron chi connectivity index (χ2n) is 3.45. The lowest BCUT2D eigenvalue weighted by Gasteiger charge is -2.13. The van der Waals surface area contributed by atoms with Crippen molar-refractivity contribution in [3.05, 3.63) is 24.0 Å². The highest BCUT2D eigenvalue weighted by atomic mass is 19.4. The van der Waals surface area contributed by atoms with Crippen molar-refractivity contribution in [2.24, 2.45) is 0 Å². The van der Waals surface area contributed by atoms with Crippen molar-refractivity contribution in [3.8, 4) is 5.75 Å². The Bertz CT molecular complexity index is 323. The highest BCUT2D eigenvalue weighted by Gasteiger charge is 2.29. The van der Waals surface area contributed by atoms with Crippen LogP contribution in [0.3, 0.4) is 0 Å². The molecule has 15 heavy (non-hydrogen) atoms. The number of halogens is 3. The van der Waals surface area contributed by atoms with E-state index in [1.165, 1.54) is 12.3 Å². The van der Waals surface area contributed by atoms with Gasteiger partial charge in [0.2, 0.25) is 0 Å². The maximum atomic E-state index is 11.9. The molecule has 0 bridgehead atoms. The minimum Gasteiger partial charge on any atom is -0.482 e. The summed E-state index contributed by atoms with van der Waals surface area (Å²) in [6.07, 6.45) is -2.78. The molecule has 1 rings (SSSR count). The summed E-state index contributed by atoms with van der Waals surface area (Å²) >= 11 is 0. The van der Waals surface area contributed by atoms with Crippen LogP contribution in [-0.4, -0.2) is 17.8 Å². The fraction of sp³-hybridized carbons (Fsp3) is 0.500. The van der Waals surface area contributed by atoms with Crippen LogP contribution in [-0.2, 0) is 0 Å². The summed E-state index contributed by atoms with van der Waals surface area (Å²) in [5, 5.41) is 0. The Labute approximate surface area is 86.1 Å². The average molecular weight is 219 g/mol. The van der Waals surface area contributed by atoms with Crippen molar-refractivity contribution >= 4 is 0 Å². The van der Waals surface area contributed by atoms with Crippen LogP contribution in [0.25, 0.3) is 0 Å². The molecule has 84 valence electrons. The van der Waals surface area contributed by atoms with Gasteiger partial charge in [-0.1, -0.05) is 13.8 Å². The third-order valence-electron chi connectivity index (χ3n) is 1.74. The molecule has 0 aliphatic heterocycles. The molecule has 2 nitrogen and oxygen atoms in total. The van der Waals surface area contributed by atoms with Crippen molar-refractivity contribution in [3.63, 3.8) is 0 Å². The molecular weight excluding hydrogens is 207 g/mol. The first-order chi connectivity index (χ1) is 6.90. The molecule has 0 aliphatic rings. The van der Waals surface area contributed by atoms with Gasteiger partial charge in [0, 0.05) is 6.20 Å². The van der Waals surface area contributed by atoms with Crippen molar-refractivity contribution in [2.45, 2.75) is 25.9 Å². The first-order valence-corrected chi connectivity index (χ1v) is 4.54. The molecule has 1 aromatic rings. The molecule has 0 fully saturated rings. The molecule has 0 saturated carbocycles. The number of nitrogens with zero attached hydrogens (tertiary/aromatic N) is 1. The molecule has 1 aromatic heterocycles. The Hall–Kier alpha value is -1.26. The second-order valence-corrected chi connectivity index (χ2v) is 3.45. The van der Waals surface area contributed by atoms with E-state index < -0.39 is 12.8 Å².